The van der Waals surface area contributed by atoms with Gasteiger partial charge < -0.3 is 9.90 Å². The number of hydrogen-bond donors (Lipinski definition) is 0. The fraction of sp³-hybridized carbons (Fsp3) is 0.0833. The predicted octanol–water partition coefficient (Wildman–Crippen LogP) is 0.135. The van der Waals surface area contributed by atoms with Crippen molar-refractivity contribution in [3.8, 4) is 0 Å². The van der Waals surface area contributed by atoms with Crippen LogP contribution in [0.2, 0.25) is 0 Å². The van der Waals surface area contributed by atoms with Crippen molar-refractivity contribution in [2.24, 2.45) is 0 Å². The summed E-state index contributed by atoms with van der Waals surface area (Å²) in [4.78, 5) is 32.1. The maximum atomic E-state index is 11.5. The fourth-order valence-electron chi connectivity index (χ4n) is 1.08. The lowest BCUT2D eigenvalue weighted by molar-refractivity contribution is -0.299. The number of Topliss-reactive ketones (excluding diaryl/α,β-unsaturated/α-hetero) is 1. The zero-order valence-corrected chi connectivity index (χ0v) is 8.38. The highest BCUT2D eigenvalue weighted by Gasteiger charge is 2.02. The quantitative estimate of drug-likeness (QED) is 0.399. The standard InChI is InChI=1S/C12H10O4/c13-10(9-5-2-1-3-6-9)7-4-8-11(14)12(15)16/h1-6,8H,7H2,(H,15,16)/p-1/b8-4+. The smallest absolute Gasteiger partial charge is 0.200 e. The Kier molecular flexibility index (Phi) is 4.15. The van der Waals surface area contributed by atoms with Crippen LogP contribution in [0, 0.1) is 0 Å². The van der Waals surface area contributed by atoms with E-state index in [-0.39, 0.29) is 12.2 Å². The number of carboxylic acid groups (broad SMARTS) is 1. The van der Waals surface area contributed by atoms with E-state index in [1.165, 1.54) is 6.08 Å². The van der Waals surface area contributed by atoms with Crippen molar-refractivity contribution in [1.82, 2.24) is 0 Å². The molecular weight excluding hydrogens is 208 g/mol. The fourth-order valence-corrected chi connectivity index (χ4v) is 1.08. The van der Waals surface area contributed by atoms with E-state index >= 15 is 0 Å². The molecule has 1 aromatic rings. The molecule has 4 nitrogen and oxygen atoms in total. The molecule has 0 radical (unpaired) electrons. The summed E-state index contributed by atoms with van der Waals surface area (Å²) in [6.07, 6.45) is 2.03. The van der Waals surface area contributed by atoms with Gasteiger partial charge in [0.05, 0.1) is 0 Å². The van der Waals surface area contributed by atoms with E-state index in [1.807, 2.05) is 0 Å². The van der Waals surface area contributed by atoms with Crippen molar-refractivity contribution in [2.45, 2.75) is 6.42 Å². The summed E-state index contributed by atoms with van der Waals surface area (Å²) in [6, 6.07) is 8.53. The van der Waals surface area contributed by atoms with Crippen molar-refractivity contribution in [2.75, 3.05) is 0 Å². The van der Waals surface area contributed by atoms with Crippen LogP contribution in [0.15, 0.2) is 42.5 Å². The second-order valence-corrected chi connectivity index (χ2v) is 3.05. The van der Waals surface area contributed by atoms with E-state index in [9.17, 15) is 19.5 Å². The number of carbonyl (C=O) groups is 3. The molecule has 0 saturated heterocycles. The maximum absolute atomic E-state index is 11.5. The van der Waals surface area contributed by atoms with Crippen LogP contribution in [0.1, 0.15) is 16.8 Å². The first-order valence-electron chi connectivity index (χ1n) is 4.61. The van der Waals surface area contributed by atoms with E-state index in [4.69, 9.17) is 0 Å². The number of hydrogen-bond acceptors (Lipinski definition) is 4. The lowest BCUT2D eigenvalue weighted by Gasteiger charge is -1.96. The first-order chi connectivity index (χ1) is 7.61. The van der Waals surface area contributed by atoms with Crippen molar-refractivity contribution in [3.63, 3.8) is 0 Å². The Morgan fingerprint density at radius 2 is 1.75 bits per heavy atom. The van der Waals surface area contributed by atoms with E-state index in [1.54, 1.807) is 30.3 Å². The van der Waals surface area contributed by atoms with Gasteiger partial charge in [-0.05, 0) is 6.08 Å². The summed E-state index contributed by atoms with van der Waals surface area (Å²) < 4.78 is 0. The third kappa shape index (κ3) is 3.49. The van der Waals surface area contributed by atoms with Crippen molar-refractivity contribution >= 4 is 17.5 Å². The normalized spacial score (nSPS) is 10.2. The minimum absolute atomic E-state index is 0.0109. The second kappa shape index (κ2) is 5.60. The Labute approximate surface area is 92.2 Å². The second-order valence-electron chi connectivity index (χ2n) is 3.05. The average molecular weight is 217 g/mol. The molecule has 0 amide bonds. The molecule has 0 N–H and O–H groups in total. The minimum atomic E-state index is -1.77. The van der Waals surface area contributed by atoms with Gasteiger partial charge in [0.15, 0.2) is 5.78 Å². The zero-order valence-electron chi connectivity index (χ0n) is 8.38. The Morgan fingerprint density at radius 1 is 1.12 bits per heavy atom. The summed E-state index contributed by atoms with van der Waals surface area (Å²) >= 11 is 0. The van der Waals surface area contributed by atoms with Crippen molar-refractivity contribution in [3.05, 3.63) is 48.0 Å². The number of carbonyl (C=O) groups excluding carboxylic acids is 3. The van der Waals surface area contributed by atoms with Gasteiger partial charge in [-0.1, -0.05) is 36.4 Å². The van der Waals surface area contributed by atoms with E-state index in [0.717, 1.165) is 6.08 Å². The van der Waals surface area contributed by atoms with Crippen molar-refractivity contribution < 1.29 is 19.5 Å². The van der Waals surface area contributed by atoms with Gasteiger partial charge in [-0.15, -0.1) is 0 Å². The monoisotopic (exact) mass is 217 g/mol. The average Bonchev–Trinajstić information content (AvgIpc) is 2.29. The number of benzene rings is 1. The lowest BCUT2D eigenvalue weighted by Crippen LogP contribution is -2.30. The predicted molar refractivity (Wildman–Crippen MR) is 54.5 cm³/mol. The molecule has 0 heterocycles. The summed E-state index contributed by atoms with van der Waals surface area (Å²) in [5, 5.41) is 10.0. The van der Waals surface area contributed by atoms with E-state index < -0.39 is 11.8 Å². The summed E-state index contributed by atoms with van der Waals surface area (Å²) in [7, 11) is 0. The third-order valence-corrected chi connectivity index (χ3v) is 1.87. The Morgan fingerprint density at radius 3 is 2.31 bits per heavy atom. The molecular formula is C12H9O4-. The van der Waals surface area contributed by atoms with E-state index in [0.29, 0.717) is 5.56 Å². The highest BCUT2D eigenvalue weighted by Crippen LogP contribution is 2.03. The van der Waals surface area contributed by atoms with Gasteiger partial charge in [-0.3, -0.25) is 9.59 Å². The molecule has 82 valence electrons. The van der Waals surface area contributed by atoms with Crippen LogP contribution < -0.4 is 5.11 Å². The third-order valence-electron chi connectivity index (χ3n) is 1.87. The maximum Gasteiger partial charge on any atom is 0.200 e. The summed E-state index contributed by atoms with van der Waals surface area (Å²) in [5.41, 5.74) is 0.521. The van der Waals surface area contributed by atoms with Crippen molar-refractivity contribution in [1.29, 1.82) is 0 Å². The summed E-state index contributed by atoms with van der Waals surface area (Å²) in [6.45, 7) is 0. The van der Waals surface area contributed by atoms with Crippen LogP contribution in [0.5, 0.6) is 0 Å². The lowest BCUT2D eigenvalue weighted by atomic mass is 10.1. The molecule has 0 aliphatic heterocycles. The van der Waals surface area contributed by atoms with Crippen LogP contribution in [-0.4, -0.2) is 17.5 Å². The molecule has 0 aliphatic carbocycles. The number of allylic oxidation sites excluding steroid dienone is 1. The molecule has 0 saturated carbocycles. The van der Waals surface area contributed by atoms with Gasteiger partial charge in [0.1, 0.15) is 5.97 Å². The van der Waals surface area contributed by atoms with Crippen LogP contribution in [0.25, 0.3) is 0 Å². The highest BCUT2D eigenvalue weighted by molar-refractivity contribution is 6.36. The molecule has 4 heteroatoms. The number of carboxylic acids is 1. The highest BCUT2D eigenvalue weighted by atomic mass is 16.4. The van der Waals surface area contributed by atoms with Gasteiger partial charge in [0, 0.05) is 12.0 Å². The zero-order chi connectivity index (χ0) is 12.0. The van der Waals surface area contributed by atoms with Gasteiger partial charge in [-0.25, -0.2) is 0 Å². The van der Waals surface area contributed by atoms with Crippen LogP contribution >= 0.6 is 0 Å². The number of rotatable bonds is 5. The molecule has 16 heavy (non-hydrogen) atoms. The molecule has 0 atom stereocenters. The summed E-state index contributed by atoms with van der Waals surface area (Å²) in [5.74, 6) is -3.09. The molecule has 0 spiro atoms. The van der Waals surface area contributed by atoms with Gasteiger partial charge >= 0.3 is 0 Å². The van der Waals surface area contributed by atoms with Crippen LogP contribution in [0.4, 0.5) is 0 Å². The minimum Gasteiger partial charge on any atom is -0.541 e. The van der Waals surface area contributed by atoms with Gasteiger partial charge in [-0.2, -0.15) is 0 Å². The SMILES string of the molecule is O=C([O-])C(=O)/C=C/CC(=O)c1ccccc1. The number of ketones is 2. The first-order valence-corrected chi connectivity index (χ1v) is 4.61. The molecule has 0 aromatic heterocycles. The molecule has 0 unspecified atom stereocenters. The van der Waals surface area contributed by atoms with E-state index in [2.05, 4.69) is 0 Å². The van der Waals surface area contributed by atoms with Gasteiger partial charge in [0.2, 0.25) is 5.78 Å². The Balaban J connectivity index is 2.54. The largest absolute Gasteiger partial charge is 0.541 e. The Bertz CT molecular complexity index is 432. The molecule has 0 bridgehead atoms. The first kappa shape index (κ1) is 11.8. The van der Waals surface area contributed by atoms with Crippen LogP contribution in [-0.2, 0) is 9.59 Å². The number of aliphatic carboxylic acids is 1. The molecule has 0 fully saturated rings. The molecule has 1 aromatic carbocycles. The Hall–Kier alpha value is -2.23. The topological polar surface area (TPSA) is 74.3 Å². The molecule has 0 aliphatic rings. The molecule has 1 rings (SSSR count). The van der Waals surface area contributed by atoms with Crippen LogP contribution in [0.3, 0.4) is 0 Å². The van der Waals surface area contributed by atoms with Gasteiger partial charge in [0.25, 0.3) is 0 Å².